The van der Waals surface area contributed by atoms with E-state index in [9.17, 15) is 10.1 Å². The summed E-state index contributed by atoms with van der Waals surface area (Å²) in [5, 5.41) is 10.5. The third-order valence-electron chi connectivity index (χ3n) is 2.77. The molecular formula is C13H20BrNO4Si. The van der Waals surface area contributed by atoms with Gasteiger partial charge in [0.1, 0.15) is 10.8 Å². The Balaban J connectivity index is 2.93. The van der Waals surface area contributed by atoms with Crippen LogP contribution in [0.5, 0.6) is 5.75 Å². The summed E-state index contributed by atoms with van der Waals surface area (Å²) in [6.45, 7) is 7.33. The van der Waals surface area contributed by atoms with Crippen LogP contribution in [-0.4, -0.2) is 26.7 Å². The number of ether oxygens (including phenoxy) is 2. The molecule has 1 atom stereocenters. The Bertz CT molecular complexity index is 476. The van der Waals surface area contributed by atoms with Crippen LogP contribution in [0.4, 0.5) is 5.69 Å². The lowest BCUT2D eigenvalue weighted by molar-refractivity contribution is -0.385. The number of nitrogens with zero attached hydrogens (tertiary/aromatic N) is 1. The Morgan fingerprint density at radius 1 is 1.40 bits per heavy atom. The van der Waals surface area contributed by atoms with Gasteiger partial charge in [0.25, 0.3) is 5.69 Å². The third-order valence-corrected chi connectivity index (χ3v) is 5.34. The number of nitro groups is 1. The molecule has 20 heavy (non-hydrogen) atoms. The number of halogens is 1. The quantitative estimate of drug-likeness (QED) is 0.313. The van der Waals surface area contributed by atoms with Crippen molar-refractivity contribution in [3.8, 4) is 5.75 Å². The summed E-state index contributed by atoms with van der Waals surface area (Å²) in [5.74, 6) is 0.501. The first-order chi connectivity index (χ1) is 9.24. The highest BCUT2D eigenvalue weighted by Gasteiger charge is 2.18. The van der Waals surface area contributed by atoms with Gasteiger partial charge in [-0.25, -0.2) is 0 Å². The fourth-order valence-electron chi connectivity index (χ4n) is 1.54. The number of hydrogen-bond donors (Lipinski definition) is 0. The van der Waals surface area contributed by atoms with Gasteiger partial charge >= 0.3 is 0 Å². The van der Waals surface area contributed by atoms with Gasteiger partial charge in [0.2, 0.25) is 0 Å². The number of hydrogen-bond acceptors (Lipinski definition) is 4. The molecule has 0 aliphatic heterocycles. The molecule has 0 amide bonds. The maximum absolute atomic E-state index is 10.9. The van der Waals surface area contributed by atoms with E-state index in [-0.39, 0.29) is 10.7 Å². The summed E-state index contributed by atoms with van der Waals surface area (Å²) in [4.78, 5) is 10.4. The fourth-order valence-corrected chi connectivity index (χ4v) is 2.64. The van der Waals surface area contributed by atoms with Crippen LogP contribution < -0.4 is 4.74 Å². The topological polar surface area (TPSA) is 61.6 Å². The Morgan fingerprint density at radius 2 is 2.05 bits per heavy atom. The van der Waals surface area contributed by atoms with Crippen LogP contribution in [-0.2, 0) is 4.74 Å². The van der Waals surface area contributed by atoms with Gasteiger partial charge in [0.05, 0.1) is 17.6 Å². The van der Waals surface area contributed by atoms with Crippen LogP contribution >= 0.6 is 15.9 Å². The maximum Gasteiger partial charge on any atom is 0.273 e. The van der Waals surface area contributed by atoms with Crippen LogP contribution in [0.25, 0.3) is 0 Å². The molecule has 7 heteroatoms. The van der Waals surface area contributed by atoms with Gasteiger partial charge in [0.15, 0.2) is 0 Å². The highest BCUT2D eigenvalue weighted by Crippen LogP contribution is 2.34. The van der Waals surface area contributed by atoms with Gasteiger partial charge in [-0.1, -0.05) is 35.6 Å². The molecule has 0 aliphatic carbocycles. The van der Waals surface area contributed by atoms with Crippen LogP contribution in [0.1, 0.15) is 10.6 Å². The molecule has 1 unspecified atom stereocenters. The van der Waals surface area contributed by atoms with E-state index in [4.69, 9.17) is 9.47 Å². The van der Waals surface area contributed by atoms with E-state index in [2.05, 4.69) is 35.6 Å². The van der Waals surface area contributed by atoms with Crippen molar-refractivity contribution < 1.29 is 14.4 Å². The van der Waals surface area contributed by atoms with Gasteiger partial charge < -0.3 is 9.47 Å². The zero-order chi connectivity index (χ0) is 15.3. The van der Waals surface area contributed by atoms with E-state index < -0.39 is 13.0 Å². The van der Waals surface area contributed by atoms with Gasteiger partial charge in [-0.05, 0) is 12.1 Å². The van der Waals surface area contributed by atoms with Crippen molar-refractivity contribution in [3.05, 3.63) is 33.9 Å². The molecule has 0 radical (unpaired) electrons. The average molecular weight is 362 g/mol. The number of non-ortho nitro benzene ring substituents is 1. The first-order valence-electron chi connectivity index (χ1n) is 6.32. The fraction of sp³-hybridized carbons (Fsp3) is 0.538. The van der Waals surface area contributed by atoms with E-state index in [1.54, 1.807) is 13.2 Å². The van der Waals surface area contributed by atoms with Crippen molar-refractivity contribution in [1.29, 1.82) is 0 Å². The Morgan fingerprint density at radius 3 is 2.55 bits per heavy atom. The minimum absolute atomic E-state index is 0.0209. The first-order valence-corrected chi connectivity index (χ1v) is 10.9. The number of rotatable bonds is 7. The molecule has 0 aliphatic rings. The minimum Gasteiger partial charge on any atom is -0.493 e. The predicted octanol–water partition coefficient (Wildman–Crippen LogP) is 4.35. The number of alkyl halides is 1. The van der Waals surface area contributed by atoms with Crippen molar-refractivity contribution in [2.75, 3.05) is 13.7 Å². The smallest absolute Gasteiger partial charge is 0.273 e. The van der Waals surface area contributed by atoms with Crippen molar-refractivity contribution in [2.24, 2.45) is 0 Å². The number of benzene rings is 1. The molecule has 0 spiro atoms. The van der Waals surface area contributed by atoms with Crippen molar-refractivity contribution >= 4 is 29.7 Å². The lowest BCUT2D eigenvalue weighted by Crippen LogP contribution is -2.22. The van der Waals surface area contributed by atoms with Gasteiger partial charge in [-0.15, -0.1) is 0 Å². The Kier molecular flexibility index (Phi) is 6.16. The van der Waals surface area contributed by atoms with E-state index in [0.717, 1.165) is 11.6 Å². The molecule has 1 rings (SSSR count). The molecule has 0 bridgehead atoms. The van der Waals surface area contributed by atoms with Gasteiger partial charge in [-0.3, -0.25) is 10.1 Å². The summed E-state index contributed by atoms with van der Waals surface area (Å²) in [5.41, 5.74) is 0.779. The van der Waals surface area contributed by atoms with Crippen LogP contribution in [0, 0.1) is 10.1 Å². The van der Waals surface area contributed by atoms with Crippen molar-refractivity contribution in [2.45, 2.75) is 30.7 Å². The molecule has 5 nitrogen and oxygen atoms in total. The maximum atomic E-state index is 10.9. The lowest BCUT2D eigenvalue weighted by Gasteiger charge is -2.18. The molecule has 1 aromatic rings. The van der Waals surface area contributed by atoms with Crippen LogP contribution in [0.15, 0.2) is 18.2 Å². The van der Waals surface area contributed by atoms with Gasteiger partial charge in [-0.2, -0.15) is 0 Å². The molecule has 0 saturated heterocycles. The second-order valence-corrected chi connectivity index (χ2v) is 12.1. The summed E-state index contributed by atoms with van der Waals surface area (Å²) >= 11 is 3.37. The van der Waals surface area contributed by atoms with Crippen molar-refractivity contribution in [1.82, 2.24) is 0 Å². The SMILES string of the molecule is COC(Br)c1ccc([N+](=O)[O-])cc1OCC[Si](C)(C)C. The molecule has 112 valence electrons. The highest BCUT2D eigenvalue weighted by molar-refractivity contribution is 9.09. The largest absolute Gasteiger partial charge is 0.493 e. The van der Waals surface area contributed by atoms with Crippen LogP contribution in [0.3, 0.4) is 0 Å². The lowest BCUT2D eigenvalue weighted by atomic mass is 10.2. The summed E-state index contributed by atoms with van der Waals surface area (Å²) in [7, 11) is 0.361. The monoisotopic (exact) mass is 361 g/mol. The van der Waals surface area contributed by atoms with E-state index >= 15 is 0 Å². The number of methoxy groups -OCH3 is 1. The minimum atomic E-state index is -1.20. The van der Waals surface area contributed by atoms with E-state index in [1.165, 1.54) is 12.1 Å². The Labute approximate surface area is 128 Å². The molecule has 0 N–H and O–H groups in total. The zero-order valence-electron chi connectivity index (χ0n) is 12.2. The summed E-state index contributed by atoms with van der Waals surface area (Å²) < 4.78 is 10.9. The molecule has 0 fully saturated rings. The second kappa shape index (κ2) is 7.19. The summed E-state index contributed by atoms with van der Waals surface area (Å²) in [6.07, 6.45) is 0. The van der Waals surface area contributed by atoms with Crippen molar-refractivity contribution in [3.63, 3.8) is 0 Å². The molecule has 0 aromatic heterocycles. The summed E-state index contributed by atoms with van der Waals surface area (Å²) in [6, 6.07) is 5.56. The first kappa shape index (κ1) is 17.1. The molecule has 0 saturated carbocycles. The normalized spacial score (nSPS) is 13.1. The number of nitro benzene ring substituents is 1. The van der Waals surface area contributed by atoms with Crippen LogP contribution in [0.2, 0.25) is 25.7 Å². The average Bonchev–Trinajstić information content (AvgIpc) is 2.36. The van der Waals surface area contributed by atoms with E-state index in [1.807, 2.05) is 0 Å². The van der Waals surface area contributed by atoms with Gasteiger partial charge in [0, 0.05) is 26.8 Å². The van der Waals surface area contributed by atoms with E-state index in [0.29, 0.717) is 12.4 Å². The molecule has 1 aromatic carbocycles. The zero-order valence-corrected chi connectivity index (χ0v) is 14.8. The Hall–Kier alpha value is -0.923. The highest BCUT2D eigenvalue weighted by atomic mass is 79.9. The second-order valence-electron chi connectivity index (χ2n) is 5.69. The molecular weight excluding hydrogens is 342 g/mol. The third kappa shape index (κ3) is 5.22. The standard InChI is InChI=1S/C13H20BrNO4Si/c1-18-13(14)11-6-5-10(15(16)17)9-12(11)19-7-8-20(2,3)4/h5-6,9,13H,7-8H2,1-4H3. The predicted molar refractivity (Wildman–Crippen MR) is 85.4 cm³/mol. The molecule has 0 heterocycles.